The van der Waals surface area contributed by atoms with Crippen molar-refractivity contribution in [1.29, 1.82) is 0 Å². The van der Waals surface area contributed by atoms with Gasteiger partial charge in [0.2, 0.25) is 0 Å². The number of carbonyl (C=O) groups is 1. The summed E-state index contributed by atoms with van der Waals surface area (Å²) in [6.07, 6.45) is 1.09. The van der Waals surface area contributed by atoms with Crippen molar-refractivity contribution in [2.45, 2.75) is 4.90 Å². The normalized spacial score (nSPS) is 11.6. The van der Waals surface area contributed by atoms with E-state index in [1.54, 1.807) is 38.4 Å². The highest BCUT2D eigenvalue weighted by Crippen LogP contribution is 2.19. The first-order valence-corrected chi connectivity index (χ1v) is 9.34. The van der Waals surface area contributed by atoms with Gasteiger partial charge < -0.3 is 5.32 Å². The average molecular weight is 359 g/mol. The van der Waals surface area contributed by atoms with Gasteiger partial charge in [0, 0.05) is 31.6 Å². The van der Waals surface area contributed by atoms with Crippen LogP contribution < -0.4 is 11.0 Å². The molecule has 25 heavy (non-hydrogen) atoms. The van der Waals surface area contributed by atoms with E-state index in [4.69, 9.17) is 0 Å². The highest BCUT2D eigenvalue weighted by Gasteiger charge is 2.13. The first-order valence-electron chi connectivity index (χ1n) is 7.45. The van der Waals surface area contributed by atoms with Crippen LogP contribution in [0, 0.1) is 0 Å². The van der Waals surface area contributed by atoms with Gasteiger partial charge in [-0.1, -0.05) is 6.07 Å². The van der Waals surface area contributed by atoms with Crippen LogP contribution >= 0.6 is 0 Å². The van der Waals surface area contributed by atoms with Crippen LogP contribution in [-0.2, 0) is 23.9 Å². The third-order valence-corrected chi connectivity index (χ3v) is 5.16. The second kappa shape index (κ2) is 5.89. The Morgan fingerprint density at radius 3 is 2.36 bits per heavy atom. The van der Waals surface area contributed by atoms with Crippen LogP contribution in [0.5, 0.6) is 0 Å². The third-order valence-electron chi connectivity index (χ3n) is 4.05. The van der Waals surface area contributed by atoms with E-state index in [9.17, 15) is 18.0 Å². The van der Waals surface area contributed by atoms with Gasteiger partial charge in [0.15, 0.2) is 9.84 Å². The first kappa shape index (κ1) is 17.0. The summed E-state index contributed by atoms with van der Waals surface area (Å²) in [5, 5.41) is 2.73. The molecule has 0 unspecified atom stereocenters. The molecule has 1 N–H and O–H groups in total. The number of amides is 1. The molecule has 0 bridgehead atoms. The fourth-order valence-corrected chi connectivity index (χ4v) is 3.32. The van der Waals surface area contributed by atoms with Crippen molar-refractivity contribution in [3.8, 4) is 0 Å². The lowest BCUT2D eigenvalue weighted by Gasteiger charge is -2.07. The van der Waals surface area contributed by atoms with Gasteiger partial charge in [-0.2, -0.15) is 0 Å². The van der Waals surface area contributed by atoms with E-state index in [-0.39, 0.29) is 16.1 Å². The van der Waals surface area contributed by atoms with Gasteiger partial charge in [0.05, 0.1) is 15.9 Å². The smallest absolute Gasteiger partial charge is 0.322 e. The molecule has 3 aromatic rings. The predicted octanol–water partition coefficient (Wildman–Crippen LogP) is 1.53. The molecule has 0 aliphatic heterocycles. The maximum Gasteiger partial charge on any atom is 0.328 e. The Kier molecular flexibility index (Phi) is 4.00. The summed E-state index contributed by atoms with van der Waals surface area (Å²) in [4.78, 5) is 24.4. The van der Waals surface area contributed by atoms with Gasteiger partial charge in [-0.05, 0) is 36.4 Å². The average Bonchev–Trinajstić information content (AvgIpc) is 2.78. The van der Waals surface area contributed by atoms with Crippen molar-refractivity contribution in [1.82, 2.24) is 9.13 Å². The minimum Gasteiger partial charge on any atom is -0.322 e. The van der Waals surface area contributed by atoms with E-state index in [2.05, 4.69) is 5.32 Å². The quantitative estimate of drug-likeness (QED) is 0.768. The number of rotatable bonds is 3. The number of aromatic nitrogens is 2. The van der Waals surface area contributed by atoms with E-state index >= 15 is 0 Å². The monoisotopic (exact) mass is 359 g/mol. The standard InChI is InChI=1S/C17H17N3O4S/c1-19-14-8-7-12(10-15(14)20(2)17(19)22)18-16(21)11-5-4-6-13(9-11)25(3,23)24/h4-10H,1-3H3,(H,18,21). The van der Waals surface area contributed by atoms with Gasteiger partial charge in [-0.3, -0.25) is 13.9 Å². The molecule has 3 rings (SSSR count). The van der Waals surface area contributed by atoms with Crippen molar-refractivity contribution in [3.05, 3.63) is 58.5 Å². The van der Waals surface area contributed by atoms with Gasteiger partial charge in [-0.25, -0.2) is 13.2 Å². The Labute approximate surface area is 144 Å². The number of nitrogens with one attached hydrogen (secondary N) is 1. The molecule has 0 radical (unpaired) electrons. The molecule has 8 heteroatoms. The highest BCUT2D eigenvalue weighted by molar-refractivity contribution is 7.90. The van der Waals surface area contributed by atoms with Crippen molar-refractivity contribution in [3.63, 3.8) is 0 Å². The molecule has 1 heterocycles. The summed E-state index contributed by atoms with van der Waals surface area (Å²) in [5.41, 5.74) is 2.05. The van der Waals surface area contributed by atoms with E-state index in [1.807, 2.05) is 0 Å². The zero-order valence-electron chi connectivity index (χ0n) is 14.0. The lowest BCUT2D eigenvalue weighted by Crippen LogP contribution is -2.19. The molecular weight excluding hydrogens is 342 g/mol. The van der Waals surface area contributed by atoms with Crippen molar-refractivity contribution < 1.29 is 13.2 Å². The van der Waals surface area contributed by atoms with Crippen LogP contribution in [0.25, 0.3) is 11.0 Å². The predicted molar refractivity (Wildman–Crippen MR) is 95.7 cm³/mol. The minimum absolute atomic E-state index is 0.0843. The van der Waals surface area contributed by atoms with Crippen LogP contribution in [0.15, 0.2) is 52.2 Å². The first-order chi connectivity index (χ1) is 11.7. The number of hydrogen-bond acceptors (Lipinski definition) is 4. The van der Waals surface area contributed by atoms with E-state index in [0.717, 1.165) is 11.8 Å². The van der Waals surface area contributed by atoms with Crippen LogP contribution in [0.1, 0.15) is 10.4 Å². The highest BCUT2D eigenvalue weighted by atomic mass is 32.2. The Balaban J connectivity index is 1.95. The van der Waals surface area contributed by atoms with Gasteiger partial charge in [0.25, 0.3) is 5.91 Å². The lowest BCUT2D eigenvalue weighted by molar-refractivity contribution is 0.102. The van der Waals surface area contributed by atoms with Gasteiger partial charge in [-0.15, -0.1) is 0 Å². The summed E-state index contributed by atoms with van der Waals surface area (Å²) >= 11 is 0. The van der Waals surface area contributed by atoms with Gasteiger partial charge in [0.1, 0.15) is 0 Å². The summed E-state index contributed by atoms with van der Waals surface area (Å²) in [7, 11) is -0.0502. The molecule has 0 saturated heterocycles. The maximum atomic E-state index is 12.4. The molecule has 0 saturated carbocycles. The van der Waals surface area contributed by atoms with E-state index in [0.29, 0.717) is 11.2 Å². The van der Waals surface area contributed by atoms with E-state index < -0.39 is 15.7 Å². The molecule has 130 valence electrons. The topological polar surface area (TPSA) is 90.2 Å². The van der Waals surface area contributed by atoms with Crippen molar-refractivity contribution in [2.75, 3.05) is 11.6 Å². The lowest BCUT2D eigenvalue weighted by atomic mass is 10.2. The summed E-state index contributed by atoms with van der Waals surface area (Å²) in [6, 6.07) is 11.0. The number of carbonyl (C=O) groups excluding carboxylic acids is 1. The largest absolute Gasteiger partial charge is 0.328 e. The minimum atomic E-state index is -3.39. The zero-order chi connectivity index (χ0) is 18.4. The van der Waals surface area contributed by atoms with Crippen LogP contribution in [0.2, 0.25) is 0 Å². The molecule has 0 aliphatic carbocycles. The third kappa shape index (κ3) is 3.08. The Bertz CT molecular complexity index is 1160. The number of nitrogens with zero attached hydrogens (tertiary/aromatic N) is 2. The number of sulfone groups is 1. The number of benzene rings is 2. The van der Waals surface area contributed by atoms with Crippen LogP contribution in [0.3, 0.4) is 0 Å². The molecule has 2 aromatic carbocycles. The fourth-order valence-electron chi connectivity index (χ4n) is 2.66. The second-order valence-electron chi connectivity index (χ2n) is 5.86. The molecule has 7 nitrogen and oxygen atoms in total. The number of aryl methyl sites for hydroxylation is 2. The van der Waals surface area contributed by atoms with Crippen LogP contribution in [-0.4, -0.2) is 29.7 Å². The fraction of sp³-hybridized carbons (Fsp3) is 0.176. The molecular formula is C17H17N3O4S. The van der Waals surface area contributed by atoms with Crippen molar-refractivity contribution in [2.24, 2.45) is 14.1 Å². The number of hydrogen-bond donors (Lipinski definition) is 1. The number of anilines is 1. The zero-order valence-corrected chi connectivity index (χ0v) is 14.8. The Hall–Kier alpha value is -2.87. The van der Waals surface area contributed by atoms with Crippen LogP contribution in [0.4, 0.5) is 5.69 Å². The van der Waals surface area contributed by atoms with Crippen molar-refractivity contribution >= 4 is 32.5 Å². The van der Waals surface area contributed by atoms with Gasteiger partial charge >= 0.3 is 5.69 Å². The number of imidazole rings is 1. The molecule has 0 atom stereocenters. The molecule has 1 amide bonds. The summed E-state index contributed by atoms with van der Waals surface area (Å²) < 4.78 is 26.3. The summed E-state index contributed by atoms with van der Waals surface area (Å²) in [5.74, 6) is -0.425. The summed E-state index contributed by atoms with van der Waals surface area (Å²) in [6.45, 7) is 0. The SMILES string of the molecule is Cn1c(=O)n(C)c2cc(NC(=O)c3cccc(S(C)(=O)=O)c3)ccc21. The molecule has 1 aromatic heterocycles. The number of fused-ring (bicyclic) bond motifs is 1. The second-order valence-corrected chi connectivity index (χ2v) is 7.87. The Morgan fingerprint density at radius 2 is 1.68 bits per heavy atom. The molecule has 0 fully saturated rings. The molecule has 0 spiro atoms. The maximum absolute atomic E-state index is 12.4. The molecule has 0 aliphatic rings. The Morgan fingerprint density at radius 1 is 1.00 bits per heavy atom. The van der Waals surface area contributed by atoms with E-state index in [1.165, 1.54) is 27.3 Å².